The minimum atomic E-state index is -3.12. The van der Waals surface area contributed by atoms with Crippen LogP contribution in [0.25, 0.3) is 0 Å². The summed E-state index contributed by atoms with van der Waals surface area (Å²) in [4.78, 5) is 71.9. The molecular weight excluding hydrogens is 781 g/mol. The highest BCUT2D eigenvalue weighted by molar-refractivity contribution is 6.99. The Hall–Kier alpha value is -5.65. The predicted molar refractivity (Wildman–Crippen MR) is 241 cm³/mol. The summed E-state index contributed by atoms with van der Waals surface area (Å²) in [5, 5.41) is 10.6. The van der Waals surface area contributed by atoms with Crippen molar-refractivity contribution in [2.75, 3.05) is 6.54 Å². The molecule has 2 saturated heterocycles. The third kappa shape index (κ3) is 10.3. The SMILES string of the molecule is CCC1(C)NC(=O)[C@H](CCCC=CC(=O)[C@H](O[Si](c2ccccc2)(c2ccccc2)C(C)(C)C)c2ccccc2)NC(=O)[C@H]2CCCN2C(=O)[C@H](Cc2ccccc2)NC1=O. The van der Waals surface area contributed by atoms with Gasteiger partial charge in [-0.05, 0) is 78.1 Å². The third-order valence-electron chi connectivity index (χ3n) is 12.2. The number of hydrogen-bond acceptors (Lipinski definition) is 6. The fourth-order valence-electron chi connectivity index (χ4n) is 8.59. The summed E-state index contributed by atoms with van der Waals surface area (Å²) < 4.78 is 7.36. The van der Waals surface area contributed by atoms with E-state index in [4.69, 9.17) is 4.43 Å². The Morgan fingerprint density at radius 1 is 0.820 bits per heavy atom. The molecule has 6 rings (SSSR count). The standard InChI is InChI=1S/C50H60N4O6Si/c1-6-50(5)48(59)52-41(35-36-23-12-7-13-24-36)47(58)54-34-22-32-42(54)46(57)51-40(45(56)53-50)31-20-11-21-33-43(55)44(37-25-14-8-15-26-37)60-61(49(2,3)4,38-27-16-9-17-28-38)39-29-18-10-19-30-39/h7-10,12-19,21,23-30,33,40-42,44H,6,11,20,22,31-32,34-35H2,1-5H3,(H,51,57)(H,52,59)(H,53,56)/t40-,41-,42+,44+,50?/m0/s1. The van der Waals surface area contributed by atoms with E-state index in [1.165, 1.54) is 0 Å². The van der Waals surface area contributed by atoms with Crippen LogP contribution in [0.2, 0.25) is 5.04 Å². The van der Waals surface area contributed by atoms with E-state index in [2.05, 4.69) is 61.0 Å². The molecule has 2 heterocycles. The number of nitrogens with one attached hydrogen (secondary N) is 3. The smallest absolute Gasteiger partial charge is 0.262 e. The number of nitrogens with zero attached hydrogens (tertiary/aromatic N) is 1. The van der Waals surface area contributed by atoms with Crippen molar-refractivity contribution in [3.8, 4) is 0 Å². The van der Waals surface area contributed by atoms with Crippen molar-refractivity contribution in [1.82, 2.24) is 20.9 Å². The van der Waals surface area contributed by atoms with E-state index in [9.17, 15) is 24.0 Å². The van der Waals surface area contributed by atoms with Gasteiger partial charge in [0.1, 0.15) is 29.8 Å². The van der Waals surface area contributed by atoms with Crippen LogP contribution in [0.1, 0.15) is 90.4 Å². The average Bonchev–Trinajstić information content (AvgIpc) is 3.77. The first-order chi connectivity index (χ1) is 29.3. The molecule has 11 heteroatoms. The summed E-state index contributed by atoms with van der Waals surface area (Å²) in [6.45, 7) is 10.4. The van der Waals surface area contributed by atoms with Crippen molar-refractivity contribution in [1.29, 1.82) is 0 Å². The molecule has 320 valence electrons. The number of allylic oxidation sites excluding steroid dienone is 1. The second kappa shape index (κ2) is 19.8. The van der Waals surface area contributed by atoms with Crippen molar-refractivity contribution in [2.24, 2.45) is 0 Å². The largest absolute Gasteiger partial charge is 0.393 e. The van der Waals surface area contributed by atoms with E-state index in [1.54, 1.807) is 30.9 Å². The van der Waals surface area contributed by atoms with Gasteiger partial charge in [0.25, 0.3) is 8.32 Å². The molecule has 0 aliphatic carbocycles. The van der Waals surface area contributed by atoms with Gasteiger partial charge in [-0.2, -0.15) is 0 Å². The lowest BCUT2D eigenvalue weighted by atomic mass is 9.94. The van der Waals surface area contributed by atoms with Crippen LogP contribution in [-0.4, -0.2) is 72.8 Å². The molecule has 0 radical (unpaired) electrons. The molecule has 0 spiro atoms. The van der Waals surface area contributed by atoms with E-state index in [1.807, 2.05) is 97.1 Å². The number of ketones is 1. The Labute approximate surface area is 361 Å². The van der Waals surface area contributed by atoms with E-state index < -0.39 is 55.8 Å². The van der Waals surface area contributed by atoms with Gasteiger partial charge in [0.2, 0.25) is 23.6 Å². The normalized spacial score (nSPS) is 22.0. The minimum absolute atomic E-state index is 0.197. The molecule has 4 aromatic rings. The Kier molecular flexibility index (Phi) is 14.6. The molecule has 5 atom stereocenters. The first-order valence-electron chi connectivity index (χ1n) is 21.6. The lowest BCUT2D eigenvalue weighted by Crippen LogP contribution is -2.67. The molecule has 2 fully saturated rings. The Bertz CT molecular complexity index is 2120. The summed E-state index contributed by atoms with van der Waals surface area (Å²) in [7, 11) is -3.12. The van der Waals surface area contributed by atoms with Crippen LogP contribution in [0.15, 0.2) is 133 Å². The van der Waals surface area contributed by atoms with Gasteiger partial charge in [-0.25, -0.2) is 0 Å². The highest BCUT2D eigenvalue weighted by Crippen LogP contribution is 2.40. The van der Waals surface area contributed by atoms with E-state index in [-0.39, 0.29) is 36.0 Å². The van der Waals surface area contributed by atoms with Gasteiger partial charge in [-0.3, -0.25) is 24.0 Å². The van der Waals surface area contributed by atoms with Crippen LogP contribution in [0.4, 0.5) is 0 Å². The Morgan fingerprint density at radius 3 is 1.97 bits per heavy atom. The van der Waals surface area contributed by atoms with Crippen molar-refractivity contribution in [2.45, 2.75) is 114 Å². The maximum absolute atomic E-state index is 14.4. The molecule has 4 aromatic carbocycles. The van der Waals surface area contributed by atoms with Crippen LogP contribution in [-0.2, 0) is 34.8 Å². The van der Waals surface area contributed by atoms with Crippen molar-refractivity contribution in [3.63, 3.8) is 0 Å². The Morgan fingerprint density at radius 2 is 1.39 bits per heavy atom. The number of benzene rings is 4. The number of unbranched alkanes of at least 4 members (excludes halogenated alkanes) is 1. The van der Waals surface area contributed by atoms with Crippen LogP contribution in [0, 0.1) is 0 Å². The van der Waals surface area contributed by atoms with Gasteiger partial charge in [-0.1, -0.05) is 155 Å². The molecule has 61 heavy (non-hydrogen) atoms. The predicted octanol–water partition coefficient (Wildman–Crippen LogP) is 6.10. The second-order valence-corrected chi connectivity index (χ2v) is 21.7. The van der Waals surface area contributed by atoms with Crippen LogP contribution in [0.5, 0.6) is 0 Å². The van der Waals surface area contributed by atoms with Crippen LogP contribution >= 0.6 is 0 Å². The van der Waals surface area contributed by atoms with E-state index >= 15 is 0 Å². The number of rotatable bonds is 14. The number of amides is 4. The van der Waals surface area contributed by atoms with Crippen molar-refractivity contribution < 1.29 is 28.4 Å². The third-order valence-corrected chi connectivity index (χ3v) is 17.2. The summed E-state index contributed by atoms with van der Waals surface area (Å²) in [6.07, 6.45) is 5.21. The summed E-state index contributed by atoms with van der Waals surface area (Å²) in [5.74, 6) is -1.86. The number of hydrogen-bond donors (Lipinski definition) is 3. The molecule has 0 bridgehead atoms. The maximum Gasteiger partial charge on any atom is 0.262 e. The molecule has 10 nitrogen and oxygen atoms in total. The Balaban J connectivity index is 1.21. The lowest BCUT2D eigenvalue weighted by molar-refractivity contribution is -0.144. The zero-order chi connectivity index (χ0) is 43.6. The lowest BCUT2D eigenvalue weighted by Gasteiger charge is -2.44. The highest BCUT2D eigenvalue weighted by atomic mass is 28.4. The molecule has 2 aliphatic rings. The summed E-state index contributed by atoms with van der Waals surface area (Å²) >= 11 is 0. The van der Waals surface area contributed by atoms with Gasteiger partial charge in [0, 0.05) is 13.0 Å². The first kappa shape index (κ1) is 44.9. The number of carbonyl (C=O) groups excluding carboxylic acids is 5. The van der Waals surface area contributed by atoms with Gasteiger partial charge >= 0.3 is 0 Å². The zero-order valence-corrected chi connectivity index (χ0v) is 37.1. The number of carbonyl (C=O) groups is 5. The molecule has 0 saturated carbocycles. The molecule has 4 amide bonds. The summed E-state index contributed by atoms with van der Waals surface area (Å²) in [6, 6.07) is 36.8. The minimum Gasteiger partial charge on any atom is -0.393 e. The fourth-order valence-corrected chi connectivity index (χ4v) is 13.2. The molecule has 0 aromatic heterocycles. The zero-order valence-electron chi connectivity index (χ0n) is 36.1. The molecule has 3 N–H and O–H groups in total. The van der Waals surface area contributed by atoms with Gasteiger partial charge in [0.15, 0.2) is 5.78 Å². The van der Waals surface area contributed by atoms with Crippen molar-refractivity contribution in [3.05, 3.63) is 145 Å². The maximum atomic E-state index is 14.4. The van der Waals surface area contributed by atoms with E-state index in [0.717, 1.165) is 21.5 Å². The number of fused-ring (bicyclic) bond motifs is 1. The van der Waals surface area contributed by atoms with E-state index in [0.29, 0.717) is 32.2 Å². The molecule has 2 aliphatic heterocycles. The van der Waals surface area contributed by atoms with Crippen LogP contribution < -0.4 is 26.3 Å². The fraction of sp³-hybridized carbons (Fsp3) is 0.380. The second-order valence-electron chi connectivity index (χ2n) is 17.4. The molecule has 1 unspecified atom stereocenters. The topological polar surface area (TPSA) is 134 Å². The highest BCUT2D eigenvalue weighted by Gasteiger charge is 2.52. The quantitative estimate of drug-likeness (QED) is 0.0799. The van der Waals surface area contributed by atoms with Gasteiger partial charge in [-0.15, -0.1) is 0 Å². The first-order valence-corrected chi connectivity index (χ1v) is 23.5. The van der Waals surface area contributed by atoms with Gasteiger partial charge in [0.05, 0.1) is 0 Å². The molecular formula is C50H60N4O6Si. The van der Waals surface area contributed by atoms with Crippen molar-refractivity contribution >= 4 is 48.1 Å². The summed E-state index contributed by atoms with van der Waals surface area (Å²) in [5.41, 5.74) is 0.281. The van der Waals surface area contributed by atoms with Gasteiger partial charge < -0.3 is 25.3 Å². The average molecular weight is 841 g/mol. The van der Waals surface area contributed by atoms with Crippen LogP contribution in [0.3, 0.4) is 0 Å². The monoisotopic (exact) mass is 840 g/mol.